The summed E-state index contributed by atoms with van der Waals surface area (Å²) in [6.07, 6.45) is 0. The van der Waals surface area contributed by atoms with E-state index < -0.39 is 0 Å². The minimum atomic E-state index is 0.291. The Morgan fingerprint density at radius 3 is 2.57 bits per heavy atom. The molecule has 1 rings (SSSR count). The number of benzene rings is 1. The highest BCUT2D eigenvalue weighted by Gasteiger charge is 2.00. The highest BCUT2D eigenvalue weighted by molar-refractivity contribution is 9.10. The first-order valence-electron chi connectivity index (χ1n) is 4.61. The van der Waals surface area contributed by atoms with E-state index >= 15 is 0 Å². The molecule has 0 aliphatic heterocycles. The van der Waals surface area contributed by atoms with Crippen molar-refractivity contribution in [2.75, 3.05) is 0 Å². The predicted octanol–water partition coefficient (Wildman–Crippen LogP) is 3.40. The summed E-state index contributed by atoms with van der Waals surface area (Å²) < 4.78 is 1.10. The lowest BCUT2D eigenvalue weighted by atomic mass is 10.2. The summed E-state index contributed by atoms with van der Waals surface area (Å²) in [7, 11) is 0. The van der Waals surface area contributed by atoms with E-state index in [1.165, 1.54) is 5.56 Å². The van der Waals surface area contributed by atoms with E-state index in [9.17, 15) is 0 Å². The first kappa shape index (κ1) is 11.2. The van der Waals surface area contributed by atoms with Crippen LogP contribution in [0.4, 0.5) is 5.69 Å². The Bertz CT molecular complexity index is 356. The van der Waals surface area contributed by atoms with Crippen LogP contribution in [0.2, 0.25) is 0 Å². The fourth-order valence-corrected chi connectivity index (χ4v) is 1.22. The van der Waals surface area contributed by atoms with Gasteiger partial charge in [-0.15, -0.1) is 0 Å². The summed E-state index contributed by atoms with van der Waals surface area (Å²) in [6.45, 7) is 6.10. The molecular formula is C11H15BrN2. The highest BCUT2D eigenvalue weighted by Crippen LogP contribution is 2.22. The van der Waals surface area contributed by atoms with Crippen molar-refractivity contribution >= 4 is 27.5 Å². The lowest BCUT2D eigenvalue weighted by molar-refractivity contribution is 0.873. The van der Waals surface area contributed by atoms with Gasteiger partial charge < -0.3 is 5.73 Å². The molecule has 0 fully saturated rings. The molecule has 0 saturated heterocycles. The zero-order chi connectivity index (χ0) is 10.7. The van der Waals surface area contributed by atoms with Crippen LogP contribution in [0.25, 0.3) is 0 Å². The van der Waals surface area contributed by atoms with Crippen LogP contribution in [0.3, 0.4) is 0 Å². The average Bonchev–Trinajstić information content (AvgIpc) is 2.11. The van der Waals surface area contributed by atoms with Gasteiger partial charge in [0.2, 0.25) is 0 Å². The van der Waals surface area contributed by atoms with Gasteiger partial charge >= 0.3 is 0 Å². The standard InChI is InChI=1S/C11H15BrN2/c1-7(2)11(13)14-9-4-5-10(12)8(3)6-9/h4-7H,1-3H3,(H2,13,14). The smallest absolute Gasteiger partial charge is 0.102 e. The SMILES string of the molecule is Cc1cc(N=C(N)C(C)C)ccc1Br. The fraction of sp³-hybridized carbons (Fsp3) is 0.364. The van der Waals surface area contributed by atoms with Crippen LogP contribution in [0.1, 0.15) is 19.4 Å². The summed E-state index contributed by atoms with van der Waals surface area (Å²) in [4.78, 5) is 4.33. The second-order valence-electron chi connectivity index (χ2n) is 3.62. The van der Waals surface area contributed by atoms with E-state index in [4.69, 9.17) is 5.73 Å². The summed E-state index contributed by atoms with van der Waals surface area (Å²) in [5.74, 6) is 0.964. The Balaban J connectivity index is 2.98. The van der Waals surface area contributed by atoms with Crippen molar-refractivity contribution in [1.82, 2.24) is 0 Å². The molecule has 0 radical (unpaired) electrons. The van der Waals surface area contributed by atoms with Crippen molar-refractivity contribution in [3.63, 3.8) is 0 Å². The minimum absolute atomic E-state index is 0.291. The maximum absolute atomic E-state index is 5.77. The van der Waals surface area contributed by atoms with Gasteiger partial charge in [0.1, 0.15) is 5.84 Å². The largest absolute Gasteiger partial charge is 0.387 e. The number of halogens is 1. The number of nitrogens with zero attached hydrogens (tertiary/aromatic N) is 1. The van der Waals surface area contributed by atoms with Crippen LogP contribution in [0.15, 0.2) is 27.7 Å². The Hall–Kier alpha value is -0.830. The van der Waals surface area contributed by atoms with Crippen LogP contribution in [-0.4, -0.2) is 5.84 Å². The third kappa shape index (κ3) is 2.84. The molecule has 0 heterocycles. The molecule has 0 unspecified atom stereocenters. The molecule has 0 saturated carbocycles. The van der Waals surface area contributed by atoms with Crippen LogP contribution in [0, 0.1) is 12.8 Å². The van der Waals surface area contributed by atoms with Crippen molar-refractivity contribution in [1.29, 1.82) is 0 Å². The average molecular weight is 255 g/mol. The molecular weight excluding hydrogens is 240 g/mol. The van der Waals surface area contributed by atoms with Gasteiger partial charge in [0.25, 0.3) is 0 Å². The zero-order valence-corrected chi connectivity index (χ0v) is 10.3. The number of aliphatic imine (C=N–C) groups is 1. The molecule has 0 aliphatic rings. The van der Waals surface area contributed by atoms with Gasteiger partial charge in [-0.05, 0) is 30.7 Å². The summed E-state index contributed by atoms with van der Waals surface area (Å²) in [5, 5.41) is 0. The second kappa shape index (κ2) is 4.60. The number of aryl methyl sites for hydroxylation is 1. The Morgan fingerprint density at radius 1 is 1.43 bits per heavy atom. The third-order valence-corrected chi connectivity index (χ3v) is 2.88. The Labute approximate surface area is 93.4 Å². The van der Waals surface area contributed by atoms with Crippen molar-refractivity contribution < 1.29 is 0 Å². The first-order chi connectivity index (χ1) is 6.50. The summed E-state index contributed by atoms with van der Waals surface area (Å²) >= 11 is 3.44. The van der Waals surface area contributed by atoms with Gasteiger partial charge in [0.15, 0.2) is 0 Å². The molecule has 1 aromatic rings. The fourth-order valence-electron chi connectivity index (χ4n) is 0.977. The first-order valence-corrected chi connectivity index (χ1v) is 5.40. The van der Waals surface area contributed by atoms with Gasteiger partial charge in [-0.2, -0.15) is 0 Å². The number of hydrogen-bond acceptors (Lipinski definition) is 1. The van der Waals surface area contributed by atoms with Crippen LogP contribution in [0.5, 0.6) is 0 Å². The van der Waals surface area contributed by atoms with Crippen LogP contribution >= 0.6 is 15.9 Å². The molecule has 76 valence electrons. The van der Waals surface area contributed by atoms with Crippen molar-refractivity contribution in [2.24, 2.45) is 16.6 Å². The summed E-state index contributed by atoms with van der Waals surface area (Å²) in [5.41, 5.74) is 7.86. The van der Waals surface area contributed by atoms with Gasteiger partial charge in [-0.3, -0.25) is 0 Å². The lowest BCUT2D eigenvalue weighted by Gasteiger charge is -2.04. The van der Waals surface area contributed by atoms with Crippen molar-refractivity contribution in [2.45, 2.75) is 20.8 Å². The number of hydrogen-bond donors (Lipinski definition) is 1. The quantitative estimate of drug-likeness (QED) is 0.638. The van der Waals surface area contributed by atoms with E-state index in [0.717, 1.165) is 10.2 Å². The second-order valence-corrected chi connectivity index (χ2v) is 4.48. The molecule has 0 atom stereocenters. The number of amidine groups is 1. The monoisotopic (exact) mass is 254 g/mol. The molecule has 3 heteroatoms. The minimum Gasteiger partial charge on any atom is -0.387 e. The van der Waals surface area contributed by atoms with Crippen molar-refractivity contribution in [3.05, 3.63) is 28.2 Å². The lowest BCUT2D eigenvalue weighted by Crippen LogP contribution is -2.17. The Morgan fingerprint density at radius 2 is 2.07 bits per heavy atom. The molecule has 0 spiro atoms. The Kier molecular flexibility index (Phi) is 3.69. The van der Waals surface area contributed by atoms with E-state index in [2.05, 4.69) is 20.9 Å². The maximum atomic E-state index is 5.77. The van der Waals surface area contributed by atoms with E-state index in [1.54, 1.807) is 0 Å². The predicted molar refractivity (Wildman–Crippen MR) is 65.0 cm³/mol. The highest BCUT2D eigenvalue weighted by atomic mass is 79.9. The van der Waals surface area contributed by atoms with Gasteiger partial charge in [0.05, 0.1) is 5.69 Å². The van der Waals surface area contributed by atoms with Gasteiger partial charge in [-0.25, -0.2) is 4.99 Å². The van der Waals surface area contributed by atoms with Crippen LogP contribution in [-0.2, 0) is 0 Å². The molecule has 0 bridgehead atoms. The van der Waals surface area contributed by atoms with E-state index in [1.807, 2.05) is 39.0 Å². The molecule has 0 amide bonds. The molecule has 14 heavy (non-hydrogen) atoms. The summed E-state index contributed by atoms with van der Waals surface area (Å²) in [6, 6.07) is 5.95. The molecule has 0 aliphatic carbocycles. The number of rotatable bonds is 2. The van der Waals surface area contributed by atoms with Crippen LogP contribution < -0.4 is 5.73 Å². The van der Waals surface area contributed by atoms with E-state index in [-0.39, 0.29) is 0 Å². The molecule has 1 aromatic carbocycles. The van der Waals surface area contributed by atoms with Gasteiger partial charge in [0, 0.05) is 10.4 Å². The maximum Gasteiger partial charge on any atom is 0.102 e. The number of nitrogens with two attached hydrogens (primary N) is 1. The zero-order valence-electron chi connectivity index (χ0n) is 8.71. The third-order valence-electron chi connectivity index (χ3n) is 1.99. The molecule has 2 N–H and O–H groups in total. The van der Waals surface area contributed by atoms with Crippen molar-refractivity contribution in [3.8, 4) is 0 Å². The topological polar surface area (TPSA) is 38.4 Å². The van der Waals surface area contributed by atoms with E-state index in [0.29, 0.717) is 11.8 Å². The van der Waals surface area contributed by atoms with Gasteiger partial charge in [-0.1, -0.05) is 29.8 Å². The molecule has 0 aromatic heterocycles. The molecule has 2 nitrogen and oxygen atoms in total. The normalized spacial score (nSPS) is 12.2.